The molecule has 3 aromatic rings. The summed E-state index contributed by atoms with van der Waals surface area (Å²) in [6.45, 7) is 1.92. The molecule has 2 aromatic heterocycles. The molecule has 1 amide bonds. The molecule has 0 spiro atoms. The molecule has 1 N–H and O–H groups in total. The maximum atomic E-state index is 12.5. The zero-order valence-corrected chi connectivity index (χ0v) is 13.5. The van der Waals surface area contributed by atoms with Gasteiger partial charge >= 0.3 is 0 Å². The van der Waals surface area contributed by atoms with Gasteiger partial charge in [0.1, 0.15) is 11.4 Å². The van der Waals surface area contributed by atoms with Crippen molar-refractivity contribution >= 4 is 17.2 Å². The van der Waals surface area contributed by atoms with Crippen molar-refractivity contribution in [2.24, 2.45) is 0 Å². The van der Waals surface area contributed by atoms with Crippen molar-refractivity contribution in [1.82, 2.24) is 19.8 Å². The minimum absolute atomic E-state index is 0.263. The number of aromatic nitrogens is 4. The summed E-state index contributed by atoms with van der Waals surface area (Å²) in [5, 5.41) is 15.6. The van der Waals surface area contributed by atoms with E-state index in [4.69, 9.17) is 4.74 Å². The van der Waals surface area contributed by atoms with Crippen molar-refractivity contribution in [1.29, 1.82) is 0 Å². The van der Waals surface area contributed by atoms with Crippen molar-refractivity contribution in [2.75, 3.05) is 12.4 Å². The monoisotopic (exact) mass is 323 g/mol. The highest BCUT2D eigenvalue weighted by atomic mass is 16.5. The van der Waals surface area contributed by atoms with E-state index in [1.807, 2.05) is 25.1 Å². The minimum Gasteiger partial charge on any atom is -0.497 e. The predicted molar refractivity (Wildman–Crippen MR) is 88.4 cm³/mol. The van der Waals surface area contributed by atoms with Gasteiger partial charge in [-0.1, -0.05) is 0 Å². The van der Waals surface area contributed by atoms with Crippen LogP contribution < -0.4 is 10.1 Å². The molecule has 7 heteroatoms. The van der Waals surface area contributed by atoms with Gasteiger partial charge in [-0.05, 0) is 55.7 Å². The predicted octanol–water partition coefficient (Wildman–Crippen LogP) is 2.57. The number of hydrogen-bond donors (Lipinski definition) is 1. The zero-order chi connectivity index (χ0) is 16.7. The molecule has 1 saturated carbocycles. The van der Waals surface area contributed by atoms with Crippen LogP contribution in [0, 0.1) is 6.92 Å². The molecule has 0 unspecified atom stereocenters. The maximum Gasteiger partial charge on any atom is 0.276 e. The molecule has 24 heavy (non-hydrogen) atoms. The average Bonchev–Trinajstić information content (AvgIpc) is 3.35. The lowest BCUT2D eigenvalue weighted by Crippen LogP contribution is -2.16. The van der Waals surface area contributed by atoms with Crippen LogP contribution in [0.25, 0.3) is 5.65 Å². The van der Waals surface area contributed by atoms with E-state index >= 15 is 0 Å². The molecule has 2 heterocycles. The van der Waals surface area contributed by atoms with Gasteiger partial charge in [-0.3, -0.25) is 4.79 Å². The first-order valence-electron chi connectivity index (χ1n) is 7.84. The second kappa shape index (κ2) is 5.59. The minimum atomic E-state index is -0.263. The van der Waals surface area contributed by atoms with Crippen LogP contribution >= 0.6 is 0 Å². The highest BCUT2D eigenvalue weighted by Gasteiger charge is 2.29. The van der Waals surface area contributed by atoms with Crippen LogP contribution in [0.5, 0.6) is 5.75 Å². The van der Waals surface area contributed by atoms with Crippen molar-refractivity contribution in [3.05, 3.63) is 47.4 Å². The topological polar surface area (TPSA) is 81.4 Å². The smallest absolute Gasteiger partial charge is 0.276 e. The SMILES string of the molecule is COc1ccc(NC(=O)c2ccc3nnc(C4CC4)n3n2)c(C)c1. The third-order valence-corrected chi connectivity index (χ3v) is 4.14. The van der Waals surface area contributed by atoms with E-state index in [0.717, 1.165) is 35.7 Å². The average molecular weight is 323 g/mol. The van der Waals surface area contributed by atoms with E-state index in [2.05, 4.69) is 20.6 Å². The molecular weight excluding hydrogens is 306 g/mol. The van der Waals surface area contributed by atoms with Crippen molar-refractivity contribution in [3.63, 3.8) is 0 Å². The number of nitrogens with one attached hydrogen (secondary N) is 1. The quantitative estimate of drug-likeness (QED) is 0.798. The van der Waals surface area contributed by atoms with Crippen LogP contribution in [0.1, 0.15) is 40.6 Å². The Morgan fingerprint density at radius 3 is 2.79 bits per heavy atom. The third kappa shape index (κ3) is 2.58. The molecule has 1 aliphatic rings. The summed E-state index contributed by atoms with van der Waals surface area (Å²) in [6.07, 6.45) is 2.20. The number of carbonyl (C=O) groups is 1. The summed E-state index contributed by atoms with van der Waals surface area (Å²) < 4.78 is 6.85. The Labute approximate surface area is 138 Å². The van der Waals surface area contributed by atoms with E-state index in [1.54, 1.807) is 23.8 Å². The number of methoxy groups -OCH3 is 1. The summed E-state index contributed by atoms with van der Waals surface area (Å²) in [6, 6.07) is 8.93. The summed E-state index contributed by atoms with van der Waals surface area (Å²) in [7, 11) is 1.61. The van der Waals surface area contributed by atoms with Crippen LogP contribution in [0.3, 0.4) is 0 Å². The standard InChI is InChI=1S/C17H17N5O2/c1-10-9-12(24-2)5-6-13(10)18-17(23)14-7-8-15-19-20-16(11-3-4-11)22(15)21-14/h5-9,11H,3-4H2,1-2H3,(H,18,23). The Kier molecular flexibility index (Phi) is 3.41. The second-order valence-electron chi connectivity index (χ2n) is 5.96. The van der Waals surface area contributed by atoms with E-state index in [0.29, 0.717) is 17.3 Å². The van der Waals surface area contributed by atoms with Gasteiger partial charge in [-0.25, -0.2) is 0 Å². The van der Waals surface area contributed by atoms with Crippen molar-refractivity contribution in [3.8, 4) is 5.75 Å². The van der Waals surface area contributed by atoms with Gasteiger partial charge in [0.2, 0.25) is 0 Å². The fourth-order valence-electron chi connectivity index (χ4n) is 2.61. The summed E-state index contributed by atoms with van der Waals surface area (Å²) >= 11 is 0. The molecule has 1 fully saturated rings. The number of rotatable bonds is 4. The fraction of sp³-hybridized carbons (Fsp3) is 0.294. The molecule has 1 aromatic carbocycles. The van der Waals surface area contributed by atoms with Gasteiger partial charge < -0.3 is 10.1 Å². The molecule has 0 bridgehead atoms. The lowest BCUT2D eigenvalue weighted by Gasteiger charge is -2.09. The van der Waals surface area contributed by atoms with Crippen LogP contribution in [0.2, 0.25) is 0 Å². The molecular formula is C17H17N5O2. The number of amides is 1. The molecule has 0 atom stereocenters. The summed E-state index contributed by atoms with van der Waals surface area (Å²) in [5.41, 5.74) is 2.65. The number of hydrogen-bond acceptors (Lipinski definition) is 5. The fourth-order valence-corrected chi connectivity index (χ4v) is 2.61. The zero-order valence-electron chi connectivity index (χ0n) is 13.5. The number of carbonyl (C=O) groups excluding carboxylic acids is 1. The Morgan fingerprint density at radius 1 is 1.25 bits per heavy atom. The highest BCUT2D eigenvalue weighted by molar-refractivity contribution is 6.03. The largest absolute Gasteiger partial charge is 0.497 e. The first-order valence-corrected chi connectivity index (χ1v) is 7.84. The highest BCUT2D eigenvalue weighted by Crippen LogP contribution is 2.38. The third-order valence-electron chi connectivity index (χ3n) is 4.14. The normalized spacial score (nSPS) is 13.9. The van der Waals surface area contributed by atoms with Crippen LogP contribution in [-0.4, -0.2) is 32.8 Å². The maximum absolute atomic E-state index is 12.5. The molecule has 1 aliphatic carbocycles. The summed E-state index contributed by atoms with van der Waals surface area (Å²) in [4.78, 5) is 12.5. The number of fused-ring (bicyclic) bond motifs is 1. The lowest BCUT2D eigenvalue weighted by molar-refractivity contribution is 0.102. The number of anilines is 1. The van der Waals surface area contributed by atoms with Crippen LogP contribution in [-0.2, 0) is 0 Å². The molecule has 0 radical (unpaired) electrons. The Bertz CT molecular complexity index is 930. The van der Waals surface area contributed by atoms with E-state index in [9.17, 15) is 4.79 Å². The second-order valence-corrected chi connectivity index (χ2v) is 5.96. The Hall–Kier alpha value is -2.96. The molecule has 122 valence electrons. The number of nitrogens with zero attached hydrogens (tertiary/aromatic N) is 4. The number of ether oxygens (including phenoxy) is 1. The first kappa shape index (κ1) is 14.6. The van der Waals surface area contributed by atoms with E-state index in [-0.39, 0.29) is 5.91 Å². The molecule has 0 saturated heterocycles. The van der Waals surface area contributed by atoms with Gasteiger partial charge in [0.05, 0.1) is 7.11 Å². The summed E-state index contributed by atoms with van der Waals surface area (Å²) in [5.74, 6) is 1.74. The first-order chi connectivity index (χ1) is 11.7. The molecule has 0 aliphatic heterocycles. The Balaban J connectivity index is 1.62. The number of aryl methyl sites for hydroxylation is 1. The van der Waals surface area contributed by atoms with Crippen molar-refractivity contribution in [2.45, 2.75) is 25.7 Å². The Morgan fingerprint density at radius 2 is 2.08 bits per heavy atom. The van der Waals surface area contributed by atoms with E-state index < -0.39 is 0 Å². The van der Waals surface area contributed by atoms with Gasteiger partial charge in [0.25, 0.3) is 5.91 Å². The van der Waals surface area contributed by atoms with Crippen LogP contribution in [0.15, 0.2) is 30.3 Å². The van der Waals surface area contributed by atoms with Gasteiger partial charge in [-0.15, -0.1) is 10.2 Å². The molecule has 7 nitrogen and oxygen atoms in total. The van der Waals surface area contributed by atoms with Crippen LogP contribution in [0.4, 0.5) is 5.69 Å². The van der Waals surface area contributed by atoms with E-state index in [1.165, 1.54) is 0 Å². The van der Waals surface area contributed by atoms with Gasteiger partial charge in [-0.2, -0.15) is 9.61 Å². The van der Waals surface area contributed by atoms with Crippen molar-refractivity contribution < 1.29 is 9.53 Å². The molecule has 4 rings (SSSR count). The van der Waals surface area contributed by atoms with Gasteiger partial charge in [0.15, 0.2) is 11.5 Å². The lowest BCUT2D eigenvalue weighted by atomic mass is 10.2. The number of benzene rings is 1. The van der Waals surface area contributed by atoms with Gasteiger partial charge in [0, 0.05) is 11.6 Å².